The Morgan fingerprint density at radius 3 is 2.50 bits per heavy atom. The molecule has 3 atom stereocenters. The van der Waals surface area contributed by atoms with Crippen molar-refractivity contribution in [3.63, 3.8) is 0 Å². The van der Waals surface area contributed by atoms with Crippen molar-refractivity contribution in [1.29, 1.82) is 0 Å². The molecule has 2 aromatic heterocycles. The zero-order valence-electron chi connectivity index (χ0n) is 21.0. The number of rotatable bonds is 7. The van der Waals surface area contributed by atoms with E-state index in [-0.39, 0.29) is 29.6 Å². The molecule has 38 heavy (non-hydrogen) atoms. The number of fused-ring (bicyclic) bond motifs is 3. The lowest BCUT2D eigenvalue weighted by Crippen LogP contribution is -2.55. The van der Waals surface area contributed by atoms with Gasteiger partial charge in [-0.05, 0) is 63.8 Å². The van der Waals surface area contributed by atoms with Crippen LogP contribution in [0.25, 0.3) is 10.9 Å². The van der Waals surface area contributed by atoms with Gasteiger partial charge in [-0.15, -0.1) is 0 Å². The Hall–Kier alpha value is -3.83. The topological polar surface area (TPSA) is 112 Å². The number of alkyl halides is 3. The first-order valence-corrected chi connectivity index (χ1v) is 12.5. The predicted molar refractivity (Wildman–Crippen MR) is 134 cm³/mol. The van der Waals surface area contributed by atoms with Gasteiger partial charge in [-0.2, -0.15) is 18.3 Å². The maximum atomic E-state index is 13.2. The average Bonchev–Trinajstić information content (AvgIpc) is 3.45. The Morgan fingerprint density at radius 1 is 1.11 bits per heavy atom. The van der Waals surface area contributed by atoms with Gasteiger partial charge in [0.15, 0.2) is 5.60 Å². The Balaban J connectivity index is 1.20. The zero-order valence-corrected chi connectivity index (χ0v) is 21.0. The van der Waals surface area contributed by atoms with Gasteiger partial charge >= 0.3 is 6.18 Å². The molecule has 0 spiro atoms. The second-order valence-corrected chi connectivity index (χ2v) is 10.3. The second kappa shape index (κ2) is 9.80. The van der Waals surface area contributed by atoms with Gasteiger partial charge < -0.3 is 20.3 Å². The molecule has 1 aromatic carbocycles. The molecule has 2 saturated heterocycles. The largest absolute Gasteiger partial charge is 0.477 e. The molecular formula is C26H29F3N6O3. The Kier molecular flexibility index (Phi) is 6.66. The molecule has 0 saturated carbocycles. The van der Waals surface area contributed by atoms with Crippen LogP contribution in [0, 0.1) is 0 Å². The number of benzene rings is 1. The average molecular weight is 531 g/mol. The number of hydrogen-bond donors (Lipinski definition) is 3. The van der Waals surface area contributed by atoms with Crippen LogP contribution in [0.3, 0.4) is 0 Å². The Labute approximate surface area is 217 Å². The first-order valence-electron chi connectivity index (χ1n) is 12.5. The second-order valence-electron chi connectivity index (χ2n) is 10.3. The molecule has 0 radical (unpaired) electrons. The molecule has 3 N–H and O–H groups in total. The zero-order chi connectivity index (χ0) is 27.1. The molecule has 12 heteroatoms. The van der Waals surface area contributed by atoms with Gasteiger partial charge in [0.25, 0.3) is 11.8 Å². The monoisotopic (exact) mass is 530 g/mol. The van der Waals surface area contributed by atoms with Crippen LogP contribution in [0.4, 0.5) is 19.0 Å². The fourth-order valence-corrected chi connectivity index (χ4v) is 5.34. The fourth-order valence-electron chi connectivity index (χ4n) is 5.34. The summed E-state index contributed by atoms with van der Waals surface area (Å²) in [5.41, 5.74) is -0.210. The molecule has 9 nitrogen and oxygen atoms in total. The number of hydrogen-bond acceptors (Lipinski definition) is 6. The van der Waals surface area contributed by atoms with Crippen LogP contribution in [-0.4, -0.2) is 63.4 Å². The third-order valence-corrected chi connectivity index (χ3v) is 7.15. The van der Waals surface area contributed by atoms with Gasteiger partial charge in [-0.3, -0.25) is 14.7 Å². The van der Waals surface area contributed by atoms with E-state index in [1.807, 2.05) is 23.5 Å². The molecular weight excluding hydrogens is 501 g/mol. The first-order chi connectivity index (χ1) is 18.0. The highest BCUT2D eigenvalue weighted by atomic mass is 19.4. The summed E-state index contributed by atoms with van der Waals surface area (Å²) in [6, 6.07) is 8.96. The van der Waals surface area contributed by atoms with E-state index in [0.29, 0.717) is 11.6 Å². The third-order valence-electron chi connectivity index (χ3n) is 7.15. The lowest BCUT2D eigenvalue weighted by molar-refractivity contribution is -0.135. The summed E-state index contributed by atoms with van der Waals surface area (Å²) < 4.78 is 43.2. The first kappa shape index (κ1) is 25.8. The standard InChI is InChI=1S/C26H29F3N6O3/c1-25(2,38-21-5-3-4-20-19(21)13-32-34-20)24(37)33-16-10-17-7-8-18(11-16)35(17)22-9-6-15(12-30-22)23(36)31-14-26(27,28)29/h3-6,9,12-13,16-18H,7-8,10-11,14H2,1-2H3,(H,31,36)(H,32,34)(H,33,37)/t16-,17+,18-. The Morgan fingerprint density at radius 2 is 1.84 bits per heavy atom. The smallest absolute Gasteiger partial charge is 0.405 e. The number of carbonyl (C=O) groups is 2. The summed E-state index contributed by atoms with van der Waals surface area (Å²) in [6.07, 6.45) is 1.83. The minimum atomic E-state index is -4.48. The summed E-state index contributed by atoms with van der Waals surface area (Å²) in [5.74, 6) is 0.224. The number of anilines is 1. The van der Waals surface area contributed by atoms with Gasteiger partial charge in [-0.25, -0.2) is 4.98 Å². The summed E-state index contributed by atoms with van der Waals surface area (Å²) in [7, 11) is 0. The molecule has 2 bridgehead atoms. The van der Waals surface area contributed by atoms with Crippen molar-refractivity contribution in [3.05, 3.63) is 48.3 Å². The maximum absolute atomic E-state index is 13.2. The van der Waals surface area contributed by atoms with Crippen molar-refractivity contribution in [2.24, 2.45) is 0 Å². The van der Waals surface area contributed by atoms with E-state index in [4.69, 9.17) is 4.74 Å². The van der Waals surface area contributed by atoms with Crippen molar-refractivity contribution in [2.75, 3.05) is 11.4 Å². The van der Waals surface area contributed by atoms with Crippen molar-refractivity contribution < 1.29 is 27.5 Å². The summed E-state index contributed by atoms with van der Waals surface area (Å²) >= 11 is 0. The molecule has 0 unspecified atom stereocenters. The number of amides is 2. The maximum Gasteiger partial charge on any atom is 0.405 e. The highest BCUT2D eigenvalue weighted by Crippen LogP contribution is 2.39. The highest BCUT2D eigenvalue weighted by Gasteiger charge is 2.43. The van der Waals surface area contributed by atoms with Gasteiger partial charge in [0.05, 0.1) is 22.7 Å². The number of aromatic amines is 1. The van der Waals surface area contributed by atoms with Gasteiger partial charge in [0.1, 0.15) is 18.1 Å². The summed E-state index contributed by atoms with van der Waals surface area (Å²) in [6.45, 7) is 2.08. The van der Waals surface area contributed by atoms with Crippen LogP contribution in [-0.2, 0) is 4.79 Å². The van der Waals surface area contributed by atoms with E-state index in [1.165, 1.54) is 12.3 Å². The third kappa shape index (κ3) is 5.39. The lowest BCUT2D eigenvalue weighted by Gasteiger charge is -2.40. The molecule has 0 aliphatic carbocycles. The van der Waals surface area contributed by atoms with Crippen molar-refractivity contribution in [1.82, 2.24) is 25.8 Å². The number of ether oxygens (including phenoxy) is 1. The van der Waals surface area contributed by atoms with Crippen LogP contribution >= 0.6 is 0 Å². The molecule has 3 aromatic rings. The van der Waals surface area contributed by atoms with Gasteiger partial charge in [0.2, 0.25) is 0 Å². The molecule has 4 heterocycles. The number of carbonyl (C=O) groups excluding carboxylic acids is 2. The minimum absolute atomic E-state index is 0.0312. The number of nitrogens with one attached hydrogen (secondary N) is 3. The van der Waals surface area contributed by atoms with E-state index in [9.17, 15) is 22.8 Å². The van der Waals surface area contributed by atoms with Crippen molar-refractivity contribution in [2.45, 2.75) is 69.4 Å². The molecule has 2 aliphatic heterocycles. The van der Waals surface area contributed by atoms with E-state index < -0.39 is 24.2 Å². The number of pyridine rings is 1. The van der Waals surface area contributed by atoms with Crippen LogP contribution in [0.2, 0.25) is 0 Å². The SMILES string of the molecule is CC(C)(Oc1cccc2[nH]ncc12)C(=O)N[C@H]1C[C@H]2CC[C@@H](C1)N2c1ccc(C(=O)NCC(F)(F)F)cn1. The van der Waals surface area contributed by atoms with Crippen LogP contribution in [0.1, 0.15) is 49.9 Å². The van der Waals surface area contributed by atoms with Crippen molar-refractivity contribution >= 4 is 28.5 Å². The lowest BCUT2D eigenvalue weighted by atomic mass is 9.96. The number of aromatic nitrogens is 3. The van der Waals surface area contributed by atoms with E-state index >= 15 is 0 Å². The van der Waals surface area contributed by atoms with Gasteiger partial charge in [-0.1, -0.05) is 6.07 Å². The molecule has 2 fully saturated rings. The number of piperidine rings is 1. The van der Waals surface area contributed by atoms with E-state index in [1.54, 1.807) is 26.1 Å². The highest BCUT2D eigenvalue weighted by molar-refractivity contribution is 5.94. The molecule has 202 valence electrons. The number of H-pyrrole nitrogens is 1. The van der Waals surface area contributed by atoms with Crippen LogP contribution < -0.4 is 20.3 Å². The Bertz CT molecular complexity index is 1310. The van der Waals surface area contributed by atoms with Gasteiger partial charge in [0, 0.05) is 24.3 Å². The summed E-state index contributed by atoms with van der Waals surface area (Å²) in [4.78, 5) is 31.8. The normalized spacial score (nSPS) is 21.4. The number of halogens is 3. The minimum Gasteiger partial charge on any atom is -0.477 e. The van der Waals surface area contributed by atoms with Crippen LogP contribution in [0.5, 0.6) is 5.75 Å². The van der Waals surface area contributed by atoms with Crippen molar-refractivity contribution in [3.8, 4) is 5.75 Å². The molecule has 2 aliphatic rings. The molecule has 2 amide bonds. The number of nitrogens with zero attached hydrogens (tertiary/aromatic N) is 3. The predicted octanol–water partition coefficient (Wildman–Crippen LogP) is 3.72. The van der Waals surface area contributed by atoms with Crippen LogP contribution in [0.15, 0.2) is 42.7 Å². The fraction of sp³-hybridized carbons (Fsp3) is 0.462. The quantitative estimate of drug-likeness (QED) is 0.429. The van der Waals surface area contributed by atoms with E-state index in [0.717, 1.165) is 36.6 Å². The molecule has 5 rings (SSSR count). The summed E-state index contributed by atoms with van der Waals surface area (Å²) in [5, 5.41) is 12.8. The van der Waals surface area contributed by atoms with E-state index in [2.05, 4.69) is 25.4 Å².